The molecule has 1 heterocycles. The van der Waals surface area contributed by atoms with Crippen molar-refractivity contribution in [3.8, 4) is 11.5 Å². The van der Waals surface area contributed by atoms with Crippen LogP contribution < -0.4 is 25.4 Å². The second-order valence-electron chi connectivity index (χ2n) is 7.19. The SMILES string of the molecule is CCOc1cc2c(cc1CNC(=NC)NCc1cccc(C(=O)NC)c1)OC(C)C2. The molecule has 3 rings (SSSR count). The molecule has 3 N–H and O–H groups in total. The van der Waals surface area contributed by atoms with Crippen LogP contribution in [0, 0.1) is 0 Å². The zero-order valence-corrected chi connectivity index (χ0v) is 18.0. The molecule has 0 fully saturated rings. The third-order valence-corrected chi connectivity index (χ3v) is 4.93. The van der Waals surface area contributed by atoms with Gasteiger partial charge in [-0.25, -0.2) is 0 Å². The van der Waals surface area contributed by atoms with E-state index in [4.69, 9.17) is 9.47 Å². The third-order valence-electron chi connectivity index (χ3n) is 4.93. The van der Waals surface area contributed by atoms with Crippen molar-refractivity contribution in [1.82, 2.24) is 16.0 Å². The van der Waals surface area contributed by atoms with Crippen molar-refractivity contribution in [1.29, 1.82) is 0 Å². The topological polar surface area (TPSA) is 84.0 Å². The summed E-state index contributed by atoms with van der Waals surface area (Å²) in [6, 6.07) is 11.6. The van der Waals surface area contributed by atoms with E-state index in [1.165, 1.54) is 5.56 Å². The van der Waals surface area contributed by atoms with E-state index in [9.17, 15) is 4.79 Å². The molecule has 1 aliphatic heterocycles. The van der Waals surface area contributed by atoms with Gasteiger partial charge in [-0.3, -0.25) is 9.79 Å². The lowest BCUT2D eigenvalue weighted by Gasteiger charge is -2.16. The Labute approximate surface area is 177 Å². The van der Waals surface area contributed by atoms with Gasteiger partial charge in [0.25, 0.3) is 5.91 Å². The molecule has 0 saturated carbocycles. The van der Waals surface area contributed by atoms with Crippen LogP contribution in [0.3, 0.4) is 0 Å². The standard InChI is InChI=1S/C23H30N4O3/c1-5-29-20-11-18-9-15(2)30-21(18)12-19(20)14-27-23(25-4)26-13-16-7-6-8-17(10-16)22(28)24-3/h6-8,10-12,15H,5,9,13-14H2,1-4H3,(H,24,28)(H2,25,26,27). The molecular formula is C23H30N4O3. The fraction of sp³-hybridized carbons (Fsp3) is 0.391. The van der Waals surface area contributed by atoms with Crippen molar-refractivity contribution in [3.05, 3.63) is 58.7 Å². The molecule has 1 aliphatic rings. The maximum absolute atomic E-state index is 11.8. The summed E-state index contributed by atoms with van der Waals surface area (Å²) >= 11 is 0. The molecule has 7 nitrogen and oxygen atoms in total. The number of aliphatic imine (C=N–C) groups is 1. The minimum atomic E-state index is -0.101. The molecule has 0 aromatic heterocycles. The second-order valence-corrected chi connectivity index (χ2v) is 7.19. The van der Waals surface area contributed by atoms with Gasteiger partial charge in [0.05, 0.1) is 6.61 Å². The Kier molecular flexibility index (Phi) is 7.17. The van der Waals surface area contributed by atoms with Gasteiger partial charge in [-0.2, -0.15) is 0 Å². The smallest absolute Gasteiger partial charge is 0.251 e. The van der Waals surface area contributed by atoms with Crippen molar-refractivity contribution >= 4 is 11.9 Å². The summed E-state index contributed by atoms with van der Waals surface area (Å²) in [6.45, 7) is 5.77. The van der Waals surface area contributed by atoms with Crippen LogP contribution in [0.15, 0.2) is 41.4 Å². The zero-order valence-electron chi connectivity index (χ0n) is 18.0. The molecule has 1 amide bonds. The molecule has 30 heavy (non-hydrogen) atoms. The summed E-state index contributed by atoms with van der Waals surface area (Å²) in [7, 11) is 3.35. The lowest BCUT2D eigenvalue weighted by molar-refractivity contribution is 0.0963. The molecule has 2 aromatic rings. The minimum absolute atomic E-state index is 0.101. The van der Waals surface area contributed by atoms with E-state index in [1.807, 2.05) is 25.1 Å². The highest BCUT2D eigenvalue weighted by Crippen LogP contribution is 2.35. The van der Waals surface area contributed by atoms with Crippen LogP contribution in [0.1, 0.15) is 40.9 Å². The van der Waals surface area contributed by atoms with Crippen molar-refractivity contribution in [3.63, 3.8) is 0 Å². The molecular weight excluding hydrogens is 380 g/mol. The van der Waals surface area contributed by atoms with Crippen LogP contribution >= 0.6 is 0 Å². The predicted molar refractivity (Wildman–Crippen MR) is 118 cm³/mol. The lowest BCUT2D eigenvalue weighted by Crippen LogP contribution is -2.36. The zero-order chi connectivity index (χ0) is 21.5. The quantitative estimate of drug-likeness (QED) is 0.483. The molecule has 0 spiro atoms. The Balaban J connectivity index is 1.63. The van der Waals surface area contributed by atoms with Crippen LogP contribution in [0.4, 0.5) is 0 Å². The van der Waals surface area contributed by atoms with Crippen molar-refractivity contribution in [2.75, 3.05) is 20.7 Å². The summed E-state index contributed by atoms with van der Waals surface area (Å²) in [5.41, 5.74) is 3.84. The van der Waals surface area contributed by atoms with E-state index in [0.29, 0.717) is 31.2 Å². The minimum Gasteiger partial charge on any atom is -0.494 e. The molecule has 2 aromatic carbocycles. The molecule has 0 bridgehead atoms. The number of carbonyl (C=O) groups is 1. The number of nitrogens with one attached hydrogen (secondary N) is 3. The average Bonchev–Trinajstić information content (AvgIpc) is 3.12. The van der Waals surface area contributed by atoms with Gasteiger partial charge in [0.15, 0.2) is 5.96 Å². The van der Waals surface area contributed by atoms with Crippen LogP contribution in [0.25, 0.3) is 0 Å². The van der Waals surface area contributed by atoms with Gasteiger partial charge in [0.2, 0.25) is 0 Å². The van der Waals surface area contributed by atoms with Crippen LogP contribution in [0.5, 0.6) is 11.5 Å². The van der Waals surface area contributed by atoms with Gasteiger partial charge in [-0.15, -0.1) is 0 Å². The normalized spacial score (nSPS) is 15.2. The first-order valence-electron chi connectivity index (χ1n) is 10.2. The monoisotopic (exact) mass is 410 g/mol. The van der Waals surface area contributed by atoms with Gasteiger partial charge < -0.3 is 25.4 Å². The maximum Gasteiger partial charge on any atom is 0.251 e. The van der Waals surface area contributed by atoms with Gasteiger partial charge in [-0.1, -0.05) is 12.1 Å². The van der Waals surface area contributed by atoms with E-state index < -0.39 is 0 Å². The number of fused-ring (bicyclic) bond motifs is 1. The molecule has 1 unspecified atom stereocenters. The van der Waals surface area contributed by atoms with Gasteiger partial charge in [0.1, 0.15) is 17.6 Å². The average molecular weight is 411 g/mol. The number of ether oxygens (including phenoxy) is 2. The van der Waals surface area contributed by atoms with Crippen LogP contribution in [-0.4, -0.2) is 38.7 Å². The van der Waals surface area contributed by atoms with E-state index in [0.717, 1.165) is 29.0 Å². The van der Waals surface area contributed by atoms with Crippen molar-refractivity contribution in [2.45, 2.75) is 39.5 Å². The van der Waals surface area contributed by atoms with Gasteiger partial charge in [-0.05, 0) is 43.7 Å². The maximum atomic E-state index is 11.8. The number of guanidine groups is 1. The number of carbonyl (C=O) groups excluding carboxylic acids is 1. The Bertz CT molecular complexity index is 927. The highest BCUT2D eigenvalue weighted by Gasteiger charge is 2.22. The first kappa shape index (κ1) is 21.5. The number of benzene rings is 2. The molecule has 7 heteroatoms. The molecule has 0 radical (unpaired) electrons. The number of hydrogen-bond donors (Lipinski definition) is 3. The second kappa shape index (κ2) is 10.0. The summed E-state index contributed by atoms with van der Waals surface area (Å²) in [5, 5.41) is 9.26. The number of nitrogens with zero attached hydrogens (tertiary/aromatic N) is 1. The number of amides is 1. The predicted octanol–water partition coefficient (Wildman–Crippen LogP) is 2.63. The summed E-state index contributed by atoms with van der Waals surface area (Å²) in [5.74, 6) is 2.36. The van der Waals surface area contributed by atoms with Crippen molar-refractivity contribution < 1.29 is 14.3 Å². The molecule has 1 atom stereocenters. The van der Waals surface area contributed by atoms with E-state index >= 15 is 0 Å². The van der Waals surface area contributed by atoms with Crippen LogP contribution in [-0.2, 0) is 19.5 Å². The van der Waals surface area contributed by atoms with E-state index in [-0.39, 0.29) is 12.0 Å². The van der Waals surface area contributed by atoms with E-state index in [2.05, 4.69) is 40.0 Å². The Morgan fingerprint density at radius 1 is 1.23 bits per heavy atom. The molecule has 160 valence electrons. The fourth-order valence-corrected chi connectivity index (χ4v) is 3.46. The number of rotatable bonds is 7. The molecule has 0 saturated heterocycles. The fourth-order valence-electron chi connectivity index (χ4n) is 3.46. The van der Waals surface area contributed by atoms with Gasteiger partial charge >= 0.3 is 0 Å². The first-order chi connectivity index (χ1) is 14.5. The first-order valence-corrected chi connectivity index (χ1v) is 10.2. The highest BCUT2D eigenvalue weighted by molar-refractivity contribution is 5.94. The summed E-state index contributed by atoms with van der Waals surface area (Å²) in [6.07, 6.45) is 1.10. The third kappa shape index (κ3) is 5.23. The number of hydrogen-bond acceptors (Lipinski definition) is 4. The largest absolute Gasteiger partial charge is 0.494 e. The highest BCUT2D eigenvalue weighted by atomic mass is 16.5. The van der Waals surface area contributed by atoms with Gasteiger partial charge in [0, 0.05) is 50.3 Å². The van der Waals surface area contributed by atoms with Crippen LogP contribution in [0.2, 0.25) is 0 Å². The lowest BCUT2D eigenvalue weighted by atomic mass is 10.1. The Morgan fingerprint density at radius 3 is 2.77 bits per heavy atom. The summed E-state index contributed by atoms with van der Waals surface area (Å²) < 4.78 is 11.7. The molecule has 0 aliphatic carbocycles. The Hall–Kier alpha value is -3.22. The Morgan fingerprint density at radius 2 is 2.03 bits per heavy atom. The van der Waals surface area contributed by atoms with E-state index in [1.54, 1.807) is 20.2 Å². The summed E-state index contributed by atoms with van der Waals surface area (Å²) in [4.78, 5) is 16.1. The van der Waals surface area contributed by atoms with Crippen molar-refractivity contribution in [2.24, 2.45) is 4.99 Å².